The molecule has 0 fully saturated rings. The maximum atomic E-state index is 12.6. The number of hydrogen-bond acceptors (Lipinski definition) is 7. The maximum absolute atomic E-state index is 12.6. The number of nitro benzene ring substituents is 1. The average Bonchev–Trinajstić information content (AvgIpc) is 2.84. The van der Waals surface area contributed by atoms with Gasteiger partial charge in [0.15, 0.2) is 6.61 Å². The Morgan fingerprint density at radius 3 is 2.68 bits per heavy atom. The van der Waals surface area contributed by atoms with Crippen molar-refractivity contribution in [3.63, 3.8) is 0 Å². The lowest BCUT2D eigenvalue weighted by atomic mass is 9.97. The molecule has 0 saturated heterocycles. The molecule has 0 aliphatic heterocycles. The van der Waals surface area contributed by atoms with E-state index in [1.54, 1.807) is 25.1 Å². The number of carbonyl (C=O) groups excluding carboxylic acids is 2. The molecule has 9 nitrogen and oxygen atoms in total. The molecule has 0 radical (unpaired) electrons. The van der Waals surface area contributed by atoms with Crippen molar-refractivity contribution in [2.45, 2.75) is 39.0 Å². The second-order valence-corrected chi connectivity index (χ2v) is 7.82. The Balaban J connectivity index is 1.56. The summed E-state index contributed by atoms with van der Waals surface area (Å²) >= 11 is 0. The monoisotopic (exact) mass is 467 g/mol. The molecular weight excluding hydrogens is 438 g/mol. The van der Waals surface area contributed by atoms with Crippen LogP contribution in [-0.2, 0) is 9.53 Å². The molecule has 0 unspecified atom stereocenters. The molecule has 0 heterocycles. The van der Waals surface area contributed by atoms with Crippen molar-refractivity contribution in [1.29, 1.82) is 0 Å². The van der Waals surface area contributed by atoms with Gasteiger partial charge in [-0.1, -0.05) is 23.8 Å². The first-order valence-electron chi connectivity index (χ1n) is 11.4. The van der Waals surface area contributed by atoms with Crippen molar-refractivity contribution in [3.05, 3.63) is 69.8 Å². The maximum Gasteiger partial charge on any atom is 0.340 e. The third-order valence-electron chi connectivity index (χ3n) is 5.38. The molecule has 1 aliphatic rings. The summed E-state index contributed by atoms with van der Waals surface area (Å²) in [5.41, 5.74) is 2.06. The lowest BCUT2D eigenvalue weighted by Crippen LogP contribution is -2.22. The summed E-state index contributed by atoms with van der Waals surface area (Å²) in [6.45, 7) is 2.23. The molecule has 0 bridgehead atoms. The SMILES string of the molecule is CCOc1ccc(NC(=O)COC(=O)c2ccccc2NCCC2=CCCCC2)c([N+](=O)[O-])c1. The summed E-state index contributed by atoms with van der Waals surface area (Å²) in [4.78, 5) is 35.6. The van der Waals surface area contributed by atoms with Gasteiger partial charge >= 0.3 is 5.97 Å². The highest BCUT2D eigenvalue weighted by molar-refractivity contribution is 5.99. The molecule has 2 aromatic carbocycles. The molecular formula is C25H29N3O6. The minimum Gasteiger partial charge on any atom is -0.494 e. The Bertz CT molecular complexity index is 1070. The Morgan fingerprint density at radius 2 is 1.94 bits per heavy atom. The Morgan fingerprint density at radius 1 is 1.12 bits per heavy atom. The van der Waals surface area contributed by atoms with E-state index in [4.69, 9.17) is 9.47 Å². The van der Waals surface area contributed by atoms with Crippen LogP contribution in [0.25, 0.3) is 0 Å². The van der Waals surface area contributed by atoms with Crippen LogP contribution in [0.3, 0.4) is 0 Å². The van der Waals surface area contributed by atoms with Gasteiger partial charge in [-0.05, 0) is 63.3 Å². The predicted octanol–water partition coefficient (Wildman–Crippen LogP) is 5.09. The van der Waals surface area contributed by atoms with Gasteiger partial charge in [0.05, 0.1) is 23.2 Å². The normalized spacial score (nSPS) is 12.9. The number of ether oxygens (including phenoxy) is 2. The zero-order chi connectivity index (χ0) is 24.3. The number of hydrogen-bond donors (Lipinski definition) is 2. The van der Waals surface area contributed by atoms with E-state index in [9.17, 15) is 19.7 Å². The van der Waals surface area contributed by atoms with E-state index in [1.807, 2.05) is 6.07 Å². The first-order chi connectivity index (χ1) is 16.5. The quantitative estimate of drug-likeness (QED) is 0.204. The zero-order valence-corrected chi connectivity index (χ0v) is 19.2. The summed E-state index contributed by atoms with van der Waals surface area (Å²) in [5.74, 6) is -1.02. The Kier molecular flexibility index (Phi) is 9.02. The van der Waals surface area contributed by atoms with E-state index in [0.29, 0.717) is 30.2 Å². The second kappa shape index (κ2) is 12.4. The van der Waals surface area contributed by atoms with Gasteiger partial charge in [-0.15, -0.1) is 0 Å². The van der Waals surface area contributed by atoms with Gasteiger partial charge in [-0.2, -0.15) is 0 Å². The number of nitro groups is 1. The second-order valence-electron chi connectivity index (χ2n) is 7.82. The van der Waals surface area contributed by atoms with Crippen LogP contribution in [0.1, 0.15) is 49.4 Å². The largest absolute Gasteiger partial charge is 0.494 e. The summed E-state index contributed by atoms with van der Waals surface area (Å²) in [6.07, 6.45) is 7.90. The number of carbonyl (C=O) groups is 2. The van der Waals surface area contributed by atoms with Crippen LogP contribution in [0, 0.1) is 10.1 Å². The third kappa shape index (κ3) is 7.06. The number of anilines is 2. The van der Waals surface area contributed by atoms with E-state index in [-0.39, 0.29) is 11.4 Å². The minimum atomic E-state index is -0.685. The standard InChI is InChI=1S/C25H29N3O6/c1-2-33-19-12-13-22(23(16-19)28(31)32)27-24(29)17-34-25(30)20-10-6-7-11-21(20)26-15-14-18-8-4-3-5-9-18/h6-8,10-13,16,26H,2-5,9,14-15,17H2,1H3,(H,27,29). The van der Waals surface area contributed by atoms with Gasteiger partial charge in [0, 0.05) is 12.2 Å². The first-order valence-corrected chi connectivity index (χ1v) is 11.4. The summed E-state index contributed by atoms with van der Waals surface area (Å²) in [7, 11) is 0. The van der Waals surface area contributed by atoms with Crippen LogP contribution < -0.4 is 15.4 Å². The van der Waals surface area contributed by atoms with E-state index >= 15 is 0 Å². The smallest absolute Gasteiger partial charge is 0.340 e. The average molecular weight is 468 g/mol. The number of nitrogens with zero attached hydrogens (tertiary/aromatic N) is 1. The van der Waals surface area contributed by atoms with Crippen molar-refractivity contribution < 1.29 is 24.0 Å². The van der Waals surface area contributed by atoms with E-state index < -0.39 is 23.4 Å². The zero-order valence-electron chi connectivity index (χ0n) is 19.2. The molecule has 2 N–H and O–H groups in total. The molecule has 1 amide bonds. The summed E-state index contributed by atoms with van der Waals surface area (Å²) < 4.78 is 10.4. The number of esters is 1. The molecule has 0 aromatic heterocycles. The number of rotatable bonds is 11. The van der Waals surface area contributed by atoms with Crippen LogP contribution in [0.2, 0.25) is 0 Å². The van der Waals surface area contributed by atoms with Gasteiger partial charge in [0.2, 0.25) is 0 Å². The van der Waals surface area contributed by atoms with E-state index in [2.05, 4.69) is 16.7 Å². The van der Waals surface area contributed by atoms with Gasteiger partial charge in [0.1, 0.15) is 11.4 Å². The highest BCUT2D eigenvalue weighted by Crippen LogP contribution is 2.29. The molecule has 0 atom stereocenters. The van der Waals surface area contributed by atoms with Crippen molar-refractivity contribution in [2.24, 2.45) is 0 Å². The van der Waals surface area contributed by atoms with Gasteiger partial charge in [-0.25, -0.2) is 4.79 Å². The van der Waals surface area contributed by atoms with Gasteiger partial charge in [0.25, 0.3) is 11.6 Å². The van der Waals surface area contributed by atoms with Crippen LogP contribution in [0.4, 0.5) is 17.1 Å². The molecule has 0 spiro atoms. The van der Waals surface area contributed by atoms with E-state index in [0.717, 1.165) is 19.3 Å². The highest BCUT2D eigenvalue weighted by Gasteiger charge is 2.19. The summed E-state index contributed by atoms with van der Waals surface area (Å²) in [6, 6.07) is 11.1. The van der Waals surface area contributed by atoms with Crippen LogP contribution in [0.5, 0.6) is 5.75 Å². The molecule has 1 aliphatic carbocycles. The lowest BCUT2D eigenvalue weighted by molar-refractivity contribution is -0.384. The molecule has 34 heavy (non-hydrogen) atoms. The van der Waals surface area contributed by atoms with Crippen molar-refractivity contribution in [2.75, 3.05) is 30.4 Å². The number of benzene rings is 2. The Labute approximate surface area is 198 Å². The van der Waals surface area contributed by atoms with Gasteiger partial charge in [-0.3, -0.25) is 14.9 Å². The number of para-hydroxylation sites is 1. The van der Waals surface area contributed by atoms with Gasteiger partial charge < -0.3 is 20.1 Å². The first kappa shape index (κ1) is 24.8. The fourth-order valence-electron chi connectivity index (χ4n) is 3.72. The van der Waals surface area contributed by atoms with Crippen molar-refractivity contribution in [1.82, 2.24) is 0 Å². The van der Waals surface area contributed by atoms with Crippen LogP contribution >= 0.6 is 0 Å². The van der Waals surface area contributed by atoms with Crippen molar-refractivity contribution >= 4 is 28.9 Å². The molecule has 9 heteroatoms. The Hall–Kier alpha value is -3.88. The topological polar surface area (TPSA) is 120 Å². The fraction of sp³-hybridized carbons (Fsp3) is 0.360. The number of nitrogens with one attached hydrogen (secondary N) is 2. The summed E-state index contributed by atoms with van der Waals surface area (Å²) in [5, 5.41) is 17.0. The minimum absolute atomic E-state index is 0.00594. The number of allylic oxidation sites excluding steroid dienone is 1. The van der Waals surface area contributed by atoms with Crippen LogP contribution in [0.15, 0.2) is 54.1 Å². The molecule has 3 rings (SSSR count). The fourth-order valence-corrected chi connectivity index (χ4v) is 3.72. The number of amides is 1. The third-order valence-corrected chi connectivity index (χ3v) is 5.38. The van der Waals surface area contributed by atoms with Crippen molar-refractivity contribution in [3.8, 4) is 5.75 Å². The lowest BCUT2D eigenvalue weighted by Gasteiger charge is -2.15. The van der Waals surface area contributed by atoms with E-state index in [1.165, 1.54) is 36.6 Å². The molecule has 180 valence electrons. The van der Waals surface area contributed by atoms with Crippen LogP contribution in [-0.4, -0.2) is 36.6 Å². The predicted molar refractivity (Wildman–Crippen MR) is 129 cm³/mol. The highest BCUT2D eigenvalue weighted by atomic mass is 16.6. The molecule has 2 aromatic rings. The molecule has 0 saturated carbocycles.